The third kappa shape index (κ3) is 5.86. The molecule has 3 rings (SSSR count). The lowest BCUT2D eigenvalue weighted by atomic mass is 10.1. The van der Waals surface area contributed by atoms with Crippen LogP contribution in [0.4, 0.5) is 5.69 Å². The monoisotopic (exact) mass is 461 g/mol. The Balaban J connectivity index is 1.95. The maximum absolute atomic E-state index is 13.1. The van der Waals surface area contributed by atoms with Gasteiger partial charge in [-0.15, -0.1) is 0 Å². The molecule has 176 valence electrons. The van der Waals surface area contributed by atoms with Gasteiger partial charge in [0.05, 0.1) is 21.3 Å². The van der Waals surface area contributed by atoms with Crippen molar-refractivity contribution >= 4 is 23.6 Å². The minimum Gasteiger partial charge on any atom is -0.493 e. The maximum atomic E-state index is 13.1. The number of ether oxygens (including phenoxy) is 3. The van der Waals surface area contributed by atoms with Crippen LogP contribution in [0, 0.1) is 0 Å². The highest BCUT2D eigenvalue weighted by molar-refractivity contribution is 6.05. The number of benzene rings is 3. The van der Waals surface area contributed by atoms with E-state index in [2.05, 4.69) is 10.6 Å². The predicted molar refractivity (Wildman–Crippen MR) is 131 cm³/mol. The highest BCUT2D eigenvalue weighted by Crippen LogP contribution is 2.38. The van der Waals surface area contributed by atoms with Crippen LogP contribution in [-0.2, 0) is 11.3 Å². The first kappa shape index (κ1) is 24.2. The molecule has 0 heterocycles. The molecular formula is C26H27N3O5. The average molecular weight is 462 g/mol. The quantitative estimate of drug-likeness (QED) is 0.333. The van der Waals surface area contributed by atoms with Crippen LogP contribution in [0.15, 0.2) is 72.4 Å². The highest BCUT2D eigenvalue weighted by Gasteiger charge is 2.17. The first-order chi connectivity index (χ1) is 16.5. The van der Waals surface area contributed by atoms with Crippen molar-refractivity contribution in [3.63, 3.8) is 0 Å². The summed E-state index contributed by atoms with van der Waals surface area (Å²) in [6.07, 6.45) is 1.54. The van der Waals surface area contributed by atoms with Crippen molar-refractivity contribution in [2.24, 2.45) is 0 Å². The number of carbonyl (C=O) groups excluding carboxylic acids is 2. The number of nitrogens with one attached hydrogen (secondary N) is 2. The number of carbonyl (C=O) groups is 2. The molecule has 3 aromatic rings. The van der Waals surface area contributed by atoms with Gasteiger partial charge in [-0.3, -0.25) is 9.59 Å². The van der Waals surface area contributed by atoms with Gasteiger partial charge < -0.3 is 30.6 Å². The Kier molecular flexibility index (Phi) is 8.12. The van der Waals surface area contributed by atoms with Gasteiger partial charge in [0.1, 0.15) is 5.70 Å². The summed E-state index contributed by atoms with van der Waals surface area (Å²) in [6, 6.07) is 19.2. The van der Waals surface area contributed by atoms with E-state index in [1.165, 1.54) is 27.4 Å². The third-order valence-corrected chi connectivity index (χ3v) is 5.02. The molecule has 0 radical (unpaired) electrons. The Labute approximate surface area is 198 Å². The summed E-state index contributed by atoms with van der Waals surface area (Å²) in [7, 11) is 4.50. The summed E-state index contributed by atoms with van der Waals surface area (Å²) >= 11 is 0. The molecule has 0 fully saturated rings. The number of hydrogen-bond acceptors (Lipinski definition) is 6. The van der Waals surface area contributed by atoms with Crippen molar-refractivity contribution in [1.29, 1.82) is 0 Å². The van der Waals surface area contributed by atoms with Gasteiger partial charge >= 0.3 is 0 Å². The lowest BCUT2D eigenvalue weighted by Gasteiger charge is -2.15. The highest BCUT2D eigenvalue weighted by atomic mass is 16.5. The molecule has 0 unspecified atom stereocenters. The number of hydrogen-bond donors (Lipinski definition) is 3. The standard InChI is InChI=1S/C26H27N3O5/c1-32-22-14-17(15-23(33-2)24(22)34-3)13-21(29-25(30)18-9-5-4-6-10-18)26(31)28-16-19-11-7-8-12-20(19)27/h4-15H,16,27H2,1-3H3,(H,28,31)(H,29,30). The Morgan fingerprint density at radius 3 is 2.09 bits per heavy atom. The van der Waals surface area contributed by atoms with Crippen LogP contribution < -0.4 is 30.6 Å². The van der Waals surface area contributed by atoms with Crippen LogP contribution in [0.25, 0.3) is 6.08 Å². The molecule has 0 saturated heterocycles. The van der Waals surface area contributed by atoms with Crippen molar-refractivity contribution in [1.82, 2.24) is 10.6 Å². The molecule has 2 amide bonds. The molecule has 34 heavy (non-hydrogen) atoms. The summed E-state index contributed by atoms with van der Waals surface area (Å²) in [5, 5.41) is 5.51. The predicted octanol–water partition coefficient (Wildman–Crippen LogP) is 3.38. The van der Waals surface area contributed by atoms with Gasteiger partial charge in [0.25, 0.3) is 11.8 Å². The van der Waals surface area contributed by atoms with Crippen LogP contribution in [-0.4, -0.2) is 33.1 Å². The molecule has 0 atom stereocenters. The van der Waals surface area contributed by atoms with Crippen LogP contribution in [0.3, 0.4) is 0 Å². The Hall–Kier alpha value is -4.46. The van der Waals surface area contributed by atoms with E-state index >= 15 is 0 Å². The van der Waals surface area contributed by atoms with Gasteiger partial charge in [0.2, 0.25) is 5.75 Å². The Morgan fingerprint density at radius 2 is 1.50 bits per heavy atom. The van der Waals surface area contributed by atoms with Gasteiger partial charge in [-0.2, -0.15) is 0 Å². The zero-order valence-electron chi connectivity index (χ0n) is 19.3. The van der Waals surface area contributed by atoms with Gasteiger partial charge in [0.15, 0.2) is 11.5 Å². The second kappa shape index (κ2) is 11.4. The number of para-hydroxylation sites is 1. The second-order valence-electron chi connectivity index (χ2n) is 7.22. The zero-order valence-corrected chi connectivity index (χ0v) is 19.3. The number of methoxy groups -OCH3 is 3. The van der Waals surface area contributed by atoms with Crippen molar-refractivity contribution in [3.05, 3.63) is 89.1 Å². The van der Waals surface area contributed by atoms with Crippen molar-refractivity contribution < 1.29 is 23.8 Å². The van der Waals surface area contributed by atoms with Crippen LogP contribution in [0.2, 0.25) is 0 Å². The molecule has 0 saturated carbocycles. The lowest BCUT2D eigenvalue weighted by Crippen LogP contribution is -2.34. The van der Waals surface area contributed by atoms with Gasteiger partial charge in [0, 0.05) is 17.8 Å². The number of nitrogen functional groups attached to an aromatic ring is 1. The molecule has 8 heteroatoms. The topological polar surface area (TPSA) is 112 Å². The molecule has 4 N–H and O–H groups in total. The molecule has 0 aliphatic rings. The Morgan fingerprint density at radius 1 is 0.882 bits per heavy atom. The molecule has 0 bridgehead atoms. The normalized spacial score (nSPS) is 10.9. The smallest absolute Gasteiger partial charge is 0.268 e. The van der Waals surface area contributed by atoms with Gasteiger partial charge in [-0.1, -0.05) is 36.4 Å². The van der Waals surface area contributed by atoms with Gasteiger partial charge in [-0.05, 0) is 47.5 Å². The van der Waals surface area contributed by atoms with Crippen molar-refractivity contribution in [2.45, 2.75) is 6.54 Å². The van der Waals surface area contributed by atoms with Crippen molar-refractivity contribution in [3.8, 4) is 17.2 Å². The molecule has 0 aromatic heterocycles. The van der Waals surface area contributed by atoms with E-state index in [-0.39, 0.29) is 12.2 Å². The molecule has 0 aliphatic heterocycles. The number of amides is 2. The summed E-state index contributed by atoms with van der Waals surface area (Å²) in [4.78, 5) is 25.9. The molecule has 0 aliphatic carbocycles. The zero-order chi connectivity index (χ0) is 24.5. The summed E-state index contributed by atoms with van der Waals surface area (Å²) in [5.41, 5.74) is 8.32. The number of anilines is 1. The van der Waals surface area contributed by atoms with E-state index in [1.54, 1.807) is 48.5 Å². The maximum Gasteiger partial charge on any atom is 0.268 e. The van der Waals surface area contributed by atoms with Crippen LogP contribution in [0.1, 0.15) is 21.5 Å². The van der Waals surface area contributed by atoms with E-state index in [1.807, 2.05) is 18.2 Å². The largest absolute Gasteiger partial charge is 0.493 e. The third-order valence-electron chi connectivity index (χ3n) is 5.02. The molecular weight excluding hydrogens is 434 g/mol. The van der Waals surface area contributed by atoms with E-state index in [4.69, 9.17) is 19.9 Å². The fraction of sp³-hybridized carbons (Fsp3) is 0.154. The SMILES string of the molecule is COc1cc(C=C(NC(=O)c2ccccc2)C(=O)NCc2ccccc2N)cc(OC)c1OC. The summed E-state index contributed by atoms with van der Waals surface area (Å²) < 4.78 is 16.1. The van der Waals surface area contributed by atoms with E-state index in [0.717, 1.165) is 5.56 Å². The fourth-order valence-electron chi connectivity index (χ4n) is 3.26. The Bertz CT molecular complexity index is 1170. The average Bonchev–Trinajstić information content (AvgIpc) is 2.87. The van der Waals surface area contributed by atoms with Crippen LogP contribution >= 0.6 is 0 Å². The first-order valence-corrected chi connectivity index (χ1v) is 10.5. The van der Waals surface area contributed by atoms with E-state index < -0.39 is 11.8 Å². The van der Waals surface area contributed by atoms with Gasteiger partial charge in [-0.25, -0.2) is 0 Å². The van der Waals surface area contributed by atoms with Crippen LogP contribution in [0.5, 0.6) is 17.2 Å². The minimum absolute atomic E-state index is 0.0395. The molecule has 8 nitrogen and oxygen atoms in total. The second-order valence-corrected chi connectivity index (χ2v) is 7.22. The summed E-state index contributed by atoms with van der Waals surface area (Å²) in [6.45, 7) is 0.194. The number of nitrogens with two attached hydrogens (primary N) is 1. The molecule has 3 aromatic carbocycles. The van der Waals surface area contributed by atoms with E-state index in [9.17, 15) is 9.59 Å². The van der Waals surface area contributed by atoms with E-state index in [0.29, 0.717) is 34.1 Å². The minimum atomic E-state index is -0.485. The lowest BCUT2D eigenvalue weighted by molar-refractivity contribution is -0.117. The molecule has 0 spiro atoms. The fourth-order valence-corrected chi connectivity index (χ4v) is 3.26. The first-order valence-electron chi connectivity index (χ1n) is 10.5. The summed E-state index contributed by atoms with van der Waals surface area (Å²) in [5.74, 6) is 0.342. The number of rotatable bonds is 9. The van der Waals surface area contributed by atoms with Crippen molar-refractivity contribution in [2.75, 3.05) is 27.1 Å².